The molecule has 0 fully saturated rings. The van der Waals surface area contributed by atoms with Crippen molar-refractivity contribution in [1.29, 1.82) is 0 Å². The monoisotopic (exact) mass is 340 g/mol. The molecule has 0 atom stereocenters. The molecular formula is C20H20O5. The first-order valence-electron chi connectivity index (χ1n) is 7.86. The zero-order valence-electron chi connectivity index (χ0n) is 14.4. The standard InChI is InChI=1S/C20H20O5/c1-20(2,3)25-17(21)13-24-19(23)16-12-8-7-11-15(16)18(22)14-9-5-4-6-10-14/h4-12H,13H2,1-3H3. The van der Waals surface area contributed by atoms with Gasteiger partial charge in [-0.3, -0.25) is 4.79 Å². The molecule has 0 saturated heterocycles. The zero-order valence-corrected chi connectivity index (χ0v) is 14.4. The Hall–Kier alpha value is -2.95. The molecular weight excluding hydrogens is 320 g/mol. The smallest absolute Gasteiger partial charge is 0.344 e. The van der Waals surface area contributed by atoms with Crippen LogP contribution in [0.4, 0.5) is 0 Å². The number of benzene rings is 2. The lowest BCUT2D eigenvalue weighted by atomic mass is 9.98. The van der Waals surface area contributed by atoms with Crippen LogP contribution in [0.15, 0.2) is 54.6 Å². The van der Waals surface area contributed by atoms with E-state index in [4.69, 9.17) is 9.47 Å². The van der Waals surface area contributed by atoms with Crippen LogP contribution in [0.2, 0.25) is 0 Å². The molecule has 0 spiro atoms. The van der Waals surface area contributed by atoms with E-state index in [1.165, 1.54) is 6.07 Å². The predicted molar refractivity (Wildman–Crippen MR) is 92.4 cm³/mol. The third-order valence-corrected chi connectivity index (χ3v) is 3.17. The van der Waals surface area contributed by atoms with Crippen LogP contribution >= 0.6 is 0 Å². The summed E-state index contributed by atoms with van der Waals surface area (Å²) in [6, 6.07) is 15.0. The van der Waals surface area contributed by atoms with Gasteiger partial charge in [0.2, 0.25) is 0 Å². The van der Waals surface area contributed by atoms with Gasteiger partial charge in [0.1, 0.15) is 5.60 Å². The molecule has 0 aromatic heterocycles. The highest BCUT2D eigenvalue weighted by molar-refractivity contribution is 6.14. The highest BCUT2D eigenvalue weighted by atomic mass is 16.6. The average molecular weight is 340 g/mol. The lowest BCUT2D eigenvalue weighted by Gasteiger charge is -2.19. The lowest BCUT2D eigenvalue weighted by Crippen LogP contribution is -2.27. The van der Waals surface area contributed by atoms with E-state index < -0.39 is 24.1 Å². The first-order valence-corrected chi connectivity index (χ1v) is 7.86. The Labute approximate surface area is 146 Å². The normalized spacial score (nSPS) is 10.8. The molecule has 0 aliphatic heterocycles. The number of esters is 2. The number of carbonyl (C=O) groups is 3. The number of rotatable bonds is 5. The van der Waals surface area contributed by atoms with Crippen molar-refractivity contribution in [3.05, 3.63) is 71.3 Å². The summed E-state index contributed by atoms with van der Waals surface area (Å²) in [5, 5.41) is 0. The summed E-state index contributed by atoms with van der Waals surface area (Å²) in [5.41, 5.74) is 0.141. The van der Waals surface area contributed by atoms with E-state index in [1.807, 2.05) is 0 Å². The molecule has 0 radical (unpaired) electrons. The Balaban J connectivity index is 2.13. The number of ketones is 1. The average Bonchev–Trinajstić information content (AvgIpc) is 2.58. The van der Waals surface area contributed by atoms with Gasteiger partial charge in [-0.25, -0.2) is 9.59 Å². The van der Waals surface area contributed by atoms with Crippen LogP contribution in [0, 0.1) is 0 Å². The Morgan fingerprint density at radius 3 is 2.00 bits per heavy atom. The van der Waals surface area contributed by atoms with Crippen LogP contribution in [-0.4, -0.2) is 29.9 Å². The molecule has 5 nitrogen and oxygen atoms in total. The van der Waals surface area contributed by atoms with Gasteiger partial charge in [-0.2, -0.15) is 0 Å². The molecule has 0 saturated carbocycles. The van der Waals surface area contributed by atoms with Gasteiger partial charge >= 0.3 is 11.9 Å². The molecule has 0 aliphatic carbocycles. The van der Waals surface area contributed by atoms with E-state index in [9.17, 15) is 14.4 Å². The van der Waals surface area contributed by atoms with Crippen LogP contribution in [0.1, 0.15) is 47.1 Å². The van der Waals surface area contributed by atoms with E-state index in [-0.39, 0.29) is 16.9 Å². The van der Waals surface area contributed by atoms with E-state index in [2.05, 4.69) is 0 Å². The lowest BCUT2D eigenvalue weighted by molar-refractivity contribution is -0.158. The molecule has 25 heavy (non-hydrogen) atoms. The number of hydrogen-bond donors (Lipinski definition) is 0. The highest BCUT2D eigenvalue weighted by Crippen LogP contribution is 2.16. The van der Waals surface area contributed by atoms with Crippen molar-refractivity contribution in [1.82, 2.24) is 0 Å². The molecule has 130 valence electrons. The molecule has 0 amide bonds. The van der Waals surface area contributed by atoms with Crippen LogP contribution < -0.4 is 0 Å². The maximum atomic E-state index is 12.6. The molecule has 0 unspecified atom stereocenters. The molecule has 0 N–H and O–H groups in total. The summed E-state index contributed by atoms with van der Waals surface area (Å²) >= 11 is 0. The summed E-state index contributed by atoms with van der Waals surface area (Å²) in [4.78, 5) is 36.6. The summed E-state index contributed by atoms with van der Waals surface area (Å²) in [6.45, 7) is 4.66. The molecule has 0 heterocycles. The Morgan fingerprint density at radius 2 is 1.40 bits per heavy atom. The number of carbonyl (C=O) groups excluding carboxylic acids is 3. The summed E-state index contributed by atoms with van der Waals surface area (Å²) in [7, 11) is 0. The highest BCUT2D eigenvalue weighted by Gasteiger charge is 2.21. The molecule has 2 aromatic rings. The van der Waals surface area contributed by atoms with Crippen LogP contribution in [-0.2, 0) is 14.3 Å². The zero-order chi connectivity index (χ0) is 18.4. The van der Waals surface area contributed by atoms with Crippen molar-refractivity contribution in [2.24, 2.45) is 0 Å². The molecule has 0 aliphatic rings. The predicted octanol–water partition coefficient (Wildman–Crippen LogP) is 3.42. The van der Waals surface area contributed by atoms with Gasteiger partial charge in [0.15, 0.2) is 12.4 Å². The number of hydrogen-bond acceptors (Lipinski definition) is 5. The van der Waals surface area contributed by atoms with Gasteiger partial charge in [0, 0.05) is 11.1 Å². The third kappa shape index (κ3) is 5.28. The SMILES string of the molecule is CC(C)(C)OC(=O)COC(=O)c1ccccc1C(=O)c1ccccc1. The molecule has 2 aromatic carbocycles. The van der Waals surface area contributed by atoms with Gasteiger partial charge in [-0.05, 0) is 26.8 Å². The van der Waals surface area contributed by atoms with Gasteiger partial charge in [-0.1, -0.05) is 48.5 Å². The second-order valence-electron chi connectivity index (χ2n) is 6.40. The van der Waals surface area contributed by atoms with Crippen LogP contribution in [0.5, 0.6) is 0 Å². The van der Waals surface area contributed by atoms with Gasteiger partial charge in [0.05, 0.1) is 5.56 Å². The third-order valence-electron chi connectivity index (χ3n) is 3.17. The summed E-state index contributed by atoms with van der Waals surface area (Å²) in [6.07, 6.45) is 0. The first kappa shape index (κ1) is 18.4. The van der Waals surface area contributed by atoms with Crippen molar-refractivity contribution in [3.8, 4) is 0 Å². The summed E-state index contributed by atoms with van der Waals surface area (Å²) in [5.74, 6) is -1.68. The van der Waals surface area contributed by atoms with Crippen molar-refractivity contribution in [3.63, 3.8) is 0 Å². The van der Waals surface area contributed by atoms with Crippen molar-refractivity contribution < 1.29 is 23.9 Å². The fourth-order valence-corrected chi connectivity index (χ4v) is 2.18. The Morgan fingerprint density at radius 1 is 0.840 bits per heavy atom. The molecule has 2 rings (SSSR count). The minimum absolute atomic E-state index is 0.111. The minimum Gasteiger partial charge on any atom is -0.457 e. The minimum atomic E-state index is -0.745. The van der Waals surface area contributed by atoms with E-state index >= 15 is 0 Å². The largest absolute Gasteiger partial charge is 0.457 e. The Bertz CT molecular complexity index is 772. The van der Waals surface area contributed by atoms with Crippen molar-refractivity contribution >= 4 is 17.7 Å². The maximum absolute atomic E-state index is 12.6. The van der Waals surface area contributed by atoms with Crippen LogP contribution in [0.3, 0.4) is 0 Å². The fourth-order valence-electron chi connectivity index (χ4n) is 2.18. The van der Waals surface area contributed by atoms with E-state index in [0.29, 0.717) is 5.56 Å². The maximum Gasteiger partial charge on any atom is 0.344 e. The van der Waals surface area contributed by atoms with Crippen LogP contribution in [0.25, 0.3) is 0 Å². The second kappa shape index (κ2) is 7.75. The quantitative estimate of drug-likeness (QED) is 0.616. The van der Waals surface area contributed by atoms with Gasteiger partial charge in [0.25, 0.3) is 0 Å². The second-order valence-corrected chi connectivity index (χ2v) is 6.40. The fraction of sp³-hybridized carbons (Fsp3) is 0.250. The molecule has 5 heteroatoms. The first-order chi connectivity index (χ1) is 11.8. The number of ether oxygens (including phenoxy) is 2. The van der Waals surface area contributed by atoms with Gasteiger partial charge in [-0.15, -0.1) is 0 Å². The topological polar surface area (TPSA) is 69.7 Å². The van der Waals surface area contributed by atoms with E-state index in [1.54, 1.807) is 69.3 Å². The van der Waals surface area contributed by atoms with Crippen molar-refractivity contribution in [2.75, 3.05) is 6.61 Å². The van der Waals surface area contributed by atoms with Crippen molar-refractivity contribution in [2.45, 2.75) is 26.4 Å². The van der Waals surface area contributed by atoms with Gasteiger partial charge < -0.3 is 9.47 Å². The Kier molecular flexibility index (Phi) is 5.70. The summed E-state index contributed by atoms with van der Waals surface area (Å²) < 4.78 is 10.1. The molecule has 0 bridgehead atoms. The van der Waals surface area contributed by atoms with E-state index in [0.717, 1.165) is 0 Å².